The van der Waals surface area contributed by atoms with Gasteiger partial charge in [-0.3, -0.25) is 4.79 Å². The predicted octanol–water partition coefficient (Wildman–Crippen LogP) is 4.26. The number of morpholine rings is 1. The zero-order valence-electron chi connectivity index (χ0n) is 19.8. The molecule has 9 heteroatoms. The van der Waals surface area contributed by atoms with Gasteiger partial charge in [0.2, 0.25) is 5.91 Å². The molecule has 3 aromatic rings. The lowest BCUT2D eigenvalue weighted by atomic mass is 9.86. The number of pyridine rings is 1. The van der Waals surface area contributed by atoms with Crippen molar-refractivity contribution in [2.75, 3.05) is 30.8 Å². The minimum atomic E-state index is 0.0101. The number of carbonyl (C=O) groups is 1. The average molecular weight is 479 g/mol. The van der Waals surface area contributed by atoms with Gasteiger partial charge in [-0.2, -0.15) is 0 Å². The Hall–Kier alpha value is -3.04. The molecule has 1 saturated heterocycles. The van der Waals surface area contributed by atoms with Gasteiger partial charge < -0.3 is 20.3 Å². The highest BCUT2D eigenvalue weighted by Crippen LogP contribution is 2.41. The van der Waals surface area contributed by atoms with Crippen LogP contribution in [0.4, 0.5) is 17.3 Å². The minimum Gasteiger partial charge on any atom is -0.373 e. The van der Waals surface area contributed by atoms with Crippen molar-refractivity contribution in [1.29, 1.82) is 0 Å². The Labute approximate surface area is 203 Å². The SMILES string of the molecule is C=Cc1cc(Nc2ncnc3sc4c(c23)CCC(C(=O)N2CC(C)OC(C)C2)C4)cnc1NC. The summed E-state index contributed by atoms with van der Waals surface area (Å²) in [5.41, 5.74) is 3.02. The lowest BCUT2D eigenvalue weighted by Gasteiger charge is -2.37. The van der Waals surface area contributed by atoms with Gasteiger partial charge in [0.05, 0.1) is 29.5 Å². The van der Waals surface area contributed by atoms with Gasteiger partial charge >= 0.3 is 0 Å². The molecule has 0 radical (unpaired) electrons. The van der Waals surface area contributed by atoms with Crippen LogP contribution in [0.5, 0.6) is 0 Å². The molecule has 4 heterocycles. The van der Waals surface area contributed by atoms with Gasteiger partial charge in [0.15, 0.2) is 0 Å². The minimum absolute atomic E-state index is 0.0101. The zero-order chi connectivity index (χ0) is 23.8. The molecule has 0 spiro atoms. The molecule has 34 heavy (non-hydrogen) atoms. The molecule has 1 fully saturated rings. The second-order valence-corrected chi connectivity index (χ2v) is 10.2. The van der Waals surface area contributed by atoms with Crippen LogP contribution in [0.25, 0.3) is 16.3 Å². The number of nitrogens with zero attached hydrogens (tertiary/aromatic N) is 4. The number of hydrogen-bond donors (Lipinski definition) is 2. The second kappa shape index (κ2) is 9.31. The Kier molecular flexibility index (Phi) is 6.22. The number of aryl methyl sites for hydroxylation is 1. The van der Waals surface area contributed by atoms with Crippen molar-refractivity contribution < 1.29 is 9.53 Å². The Morgan fingerprint density at radius 1 is 1.24 bits per heavy atom. The van der Waals surface area contributed by atoms with Gasteiger partial charge in [-0.1, -0.05) is 12.7 Å². The molecule has 1 aliphatic carbocycles. The van der Waals surface area contributed by atoms with Crippen LogP contribution in [0.15, 0.2) is 25.2 Å². The maximum absolute atomic E-state index is 13.3. The topological polar surface area (TPSA) is 92.3 Å². The summed E-state index contributed by atoms with van der Waals surface area (Å²) < 4.78 is 5.81. The number of amides is 1. The summed E-state index contributed by atoms with van der Waals surface area (Å²) >= 11 is 1.68. The molecule has 1 aliphatic heterocycles. The third-order valence-electron chi connectivity index (χ3n) is 6.56. The van der Waals surface area contributed by atoms with Crippen molar-refractivity contribution in [2.45, 2.75) is 45.3 Å². The largest absolute Gasteiger partial charge is 0.373 e. The smallest absolute Gasteiger partial charge is 0.226 e. The van der Waals surface area contributed by atoms with Crippen molar-refractivity contribution in [2.24, 2.45) is 5.92 Å². The summed E-state index contributed by atoms with van der Waals surface area (Å²) in [6.45, 7) is 9.30. The number of rotatable bonds is 5. The molecule has 0 saturated carbocycles. The highest BCUT2D eigenvalue weighted by Gasteiger charge is 2.34. The maximum atomic E-state index is 13.3. The molecule has 3 atom stereocenters. The lowest BCUT2D eigenvalue weighted by Crippen LogP contribution is -2.50. The molecule has 3 unspecified atom stereocenters. The van der Waals surface area contributed by atoms with Crippen LogP contribution in [0.3, 0.4) is 0 Å². The average Bonchev–Trinajstić information content (AvgIpc) is 3.21. The standard InChI is InChI=1S/C25H30N6O2S/c1-5-16-8-18(10-27-22(16)26-4)30-23-21-19-7-6-17(9-20(19)34-24(21)29-13-28-23)25(32)31-11-14(2)33-15(3)12-31/h5,8,10,13-15,17H,1,6-7,9,11-12H2,2-4H3,(H,26,27)(H,28,29,30). The Bertz CT molecular complexity index is 1230. The van der Waals surface area contributed by atoms with Gasteiger partial charge in [0.1, 0.15) is 22.8 Å². The number of hydrogen-bond acceptors (Lipinski definition) is 8. The van der Waals surface area contributed by atoms with Crippen LogP contribution in [0.1, 0.15) is 36.3 Å². The van der Waals surface area contributed by atoms with E-state index in [4.69, 9.17) is 4.74 Å². The summed E-state index contributed by atoms with van der Waals surface area (Å²) in [5, 5.41) is 7.56. The van der Waals surface area contributed by atoms with E-state index >= 15 is 0 Å². The number of anilines is 3. The van der Waals surface area contributed by atoms with E-state index in [0.29, 0.717) is 13.1 Å². The molecule has 2 aliphatic rings. The van der Waals surface area contributed by atoms with E-state index in [1.807, 2.05) is 31.9 Å². The molecule has 178 valence electrons. The first-order valence-corrected chi connectivity index (χ1v) is 12.5. The van der Waals surface area contributed by atoms with Gasteiger partial charge in [-0.25, -0.2) is 15.0 Å². The van der Waals surface area contributed by atoms with E-state index in [1.165, 1.54) is 10.4 Å². The Balaban J connectivity index is 1.40. The monoisotopic (exact) mass is 478 g/mol. The molecule has 0 bridgehead atoms. The van der Waals surface area contributed by atoms with E-state index in [2.05, 4.69) is 32.2 Å². The van der Waals surface area contributed by atoms with E-state index < -0.39 is 0 Å². The third kappa shape index (κ3) is 4.25. The van der Waals surface area contributed by atoms with Gasteiger partial charge in [-0.05, 0) is 44.7 Å². The molecular formula is C25H30N6O2S. The zero-order valence-corrected chi connectivity index (χ0v) is 20.6. The first-order chi connectivity index (χ1) is 16.5. The number of aromatic nitrogens is 3. The predicted molar refractivity (Wildman–Crippen MR) is 137 cm³/mol. The maximum Gasteiger partial charge on any atom is 0.226 e. The summed E-state index contributed by atoms with van der Waals surface area (Å²) in [4.78, 5) is 31.1. The lowest BCUT2D eigenvalue weighted by molar-refractivity contribution is -0.147. The molecule has 2 N–H and O–H groups in total. The van der Waals surface area contributed by atoms with Gasteiger partial charge in [-0.15, -0.1) is 11.3 Å². The molecular weight excluding hydrogens is 448 g/mol. The number of thiophene rings is 1. The third-order valence-corrected chi connectivity index (χ3v) is 7.72. The summed E-state index contributed by atoms with van der Waals surface area (Å²) in [6.07, 6.45) is 7.76. The summed E-state index contributed by atoms with van der Waals surface area (Å²) in [5.74, 6) is 1.82. The van der Waals surface area contributed by atoms with Crippen LogP contribution in [0.2, 0.25) is 0 Å². The van der Waals surface area contributed by atoms with E-state index in [1.54, 1.807) is 29.9 Å². The van der Waals surface area contributed by atoms with Crippen LogP contribution in [-0.2, 0) is 22.4 Å². The van der Waals surface area contributed by atoms with Crippen LogP contribution >= 0.6 is 11.3 Å². The Morgan fingerprint density at radius 2 is 2.03 bits per heavy atom. The number of nitrogens with one attached hydrogen (secondary N) is 2. The fraction of sp³-hybridized carbons (Fsp3) is 0.440. The van der Waals surface area contributed by atoms with Crippen molar-refractivity contribution in [3.8, 4) is 0 Å². The highest BCUT2D eigenvalue weighted by atomic mass is 32.1. The van der Waals surface area contributed by atoms with Gasteiger partial charge in [0.25, 0.3) is 0 Å². The van der Waals surface area contributed by atoms with Crippen molar-refractivity contribution >= 4 is 50.9 Å². The van der Waals surface area contributed by atoms with Crippen molar-refractivity contribution in [3.63, 3.8) is 0 Å². The van der Waals surface area contributed by atoms with Crippen molar-refractivity contribution in [3.05, 3.63) is 41.2 Å². The summed E-state index contributed by atoms with van der Waals surface area (Å²) in [6, 6.07) is 2.00. The van der Waals surface area contributed by atoms with Crippen LogP contribution in [0, 0.1) is 5.92 Å². The Morgan fingerprint density at radius 3 is 2.76 bits per heavy atom. The van der Waals surface area contributed by atoms with E-state index in [-0.39, 0.29) is 24.0 Å². The number of carbonyl (C=O) groups excluding carboxylic acids is 1. The van der Waals surface area contributed by atoms with Crippen LogP contribution in [-0.4, -0.2) is 58.1 Å². The van der Waals surface area contributed by atoms with Gasteiger partial charge in [0, 0.05) is 36.5 Å². The molecule has 1 amide bonds. The highest BCUT2D eigenvalue weighted by molar-refractivity contribution is 7.19. The normalized spacial score (nSPS) is 22.3. The summed E-state index contributed by atoms with van der Waals surface area (Å²) in [7, 11) is 1.84. The number of fused-ring (bicyclic) bond motifs is 3. The quantitative estimate of drug-likeness (QED) is 0.566. The van der Waals surface area contributed by atoms with Crippen LogP contribution < -0.4 is 10.6 Å². The second-order valence-electron chi connectivity index (χ2n) is 9.09. The fourth-order valence-corrected chi connectivity index (χ4v) is 6.35. The molecule has 8 nitrogen and oxygen atoms in total. The van der Waals surface area contributed by atoms with E-state index in [9.17, 15) is 4.79 Å². The molecule has 3 aromatic heterocycles. The van der Waals surface area contributed by atoms with Crippen molar-refractivity contribution in [1.82, 2.24) is 19.9 Å². The molecule has 5 rings (SSSR count). The first kappa shape index (κ1) is 22.7. The van der Waals surface area contributed by atoms with E-state index in [0.717, 1.165) is 52.4 Å². The molecule has 0 aromatic carbocycles. The number of ether oxygens (including phenoxy) is 1. The first-order valence-electron chi connectivity index (χ1n) is 11.7. The fourth-order valence-electron chi connectivity index (χ4n) is 5.08.